The monoisotopic (exact) mass is 263 g/mol. The Balaban J connectivity index is 2.71. The molecule has 0 atom stereocenters. The van der Waals surface area contributed by atoms with Crippen molar-refractivity contribution < 1.29 is 9.59 Å². The van der Waals surface area contributed by atoms with Crippen molar-refractivity contribution in [2.45, 2.75) is 27.2 Å². The molecule has 0 aliphatic rings. The van der Waals surface area contributed by atoms with Gasteiger partial charge in [0.2, 0.25) is 0 Å². The summed E-state index contributed by atoms with van der Waals surface area (Å²) < 4.78 is 0. The summed E-state index contributed by atoms with van der Waals surface area (Å²) in [5.41, 5.74) is 0.725. The minimum Gasteiger partial charge on any atom is -0.352 e. The highest BCUT2D eigenvalue weighted by Crippen LogP contribution is 2.02. The molecule has 0 saturated carbocycles. The maximum absolute atomic E-state index is 11.8. The first kappa shape index (κ1) is 15.1. The molecule has 0 radical (unpaired) electrons. The van der Waals surface area contributed by atoms with Crippen molar-refractivity contribution >= 4 is 11.8 Å². The van der Waals surface area contributed by atoms with Gasteiger partial charge in [0.15, 0.2) is 0 Å². The fraction of sp³-hybridized carbons (Fsp3) is 0.500. The van der Waals surface area contributed by atoms with Crippen LogP contribution < -0.4 is 10.6 Å². The smallest absolute Gasteiger partial charge is 0.269 e. The van der Waals surface area contributed by atoms with Gasteiger partial charge in [0, 0.05) is 24.8 Å². The third-order valence-electron chi connectivity index (χ3n) is 2.46. The SMILES string of the molecule is CCCNC(=O)c1ccnc(C(=O)NCC(C)C)c1. The molecule has 0 saturated heterocycles. The van der Waals surface area contributed by atoms with Crippen molar-refractivity contribution in [3.63, 3.8) is 0 Å². The van der Waals surface area contributed by atoms with Crippen molar-refractivity contribution in [1.82, 2.24) is 15.6 Å². The number of rotatable bonds is 6. The van der Waals surface area contributed by atoms with E-state index in [0.717, 1.165) is 6.42 Å². The number of carbonyl (C=O) groups excluding carboxylic acids is 2. The van der Waals surface area contributed by atoms with Crippen molar-refractivity contribution in [3.05, 3.63) is 29.6 Å². The summed E-state index contributed by atoms with van der Waals surface area (Å²) in [6.07, 6.45) is 2.35. The first-order chi connectivity index (χ1) is 9.04. The average molecular weight is 263 g/mol. The van der Waals surface area contributed by atoms with Crippen LogP contribution in [0.3, 0.4) is 0 Å². The zero-order valence-electron chi connectivity index (χ0n) is 11.7. The lowest BCUT2D eigenvalue weighted by Gasteiger charge is -2.08. The van der Waals surface area contributed by atoms with Gasteiger partial charge in [-0.15, -0.1) is 0 Å². The summed E-state index contributed by atoms with van der Waals surface area (Å²) >= 11 is 0. The lowest BCUT2D eigenvalue weighted by Crippen LogP contribution is -2.29. The number of nitrogens with zero attached hydrogens (tertiary/aromatic N) is 1. The van der Waals surface area contributed by atoms with Crippen LogP contribution in [-0.2, 0) is 0 Å². The summed E-state index contributed by atoms with van der Waals surface area (Å²) in [5, 5.41) is 5.54. The molecule has 1 aromatic heterocycles. The summed E-state index contributed by atoms with van der Waals surface area (Å²) in [6.45, 7) is 7.23. The molecule has 0 spiro atoms. The molecule has 5 nitrogen and oxygen atoms in total. The molecule has 2 amide bonds. The molecule has 0 unspecified atom stereocenters. The van der Waals surface area contributed by atoms with Crippen molar-refractivity contribution in [2.24, 2.45) is 5.92 Å². The van der Waals surface area contributed by atoms with Crippen molar-refractivity contribution in [1.29, 1.82) is 0 Å². The average Bonchev–Trinajstić information content (AvgIpc) is 2.42. The molecule has 5 heteroatoms. The second kappa shape index (κ2) is 7.51. The van der Waals surface area contributed by atoms with E-state index in [1.54, 1.807) is 6.07 Å². The molecule has 1 heterocycles. The second-order valence-corrected chi connectivity index (χ2v) is 4.79. The van der Waals surface area contributed by atoms with Crippen LogP contribution in [0.5, 0.6) is 0 Å². The quantitative estimate of drug-likeness (QED) is 0.819. The summed E-state index contributed by atoms with van der Waals surface area (Å²) in [5.74, 6) is -0.0546. The Morgan fingerprint density at radius 2 is 2.00 bits per heavy atom. The number of nitrogens with one attached hydrogen (secondary N) is 2. The Hall–Kier alpha value is -1.91. The van der Waals surface area contributed by atoms with E-state index < -0.39 is 0 Å². The van der Waals surface area contributed by atoms with Crippen LogP contribution in [0.1, 0.15) is 48.0 Å². The largest absolute Gasteiger partial charge is 0.352 e. The molecule has 1 rings (SSSR count). The standard InChI is InChI=1S/C14H21N3O2/c1-4-6-16-13(18)11-5-7-15-12(8-11)14(19)17-9-10(2)3/h5,7-8,10H,4,6,9H2,1-3H3,(H,16,18)(H,17,19). The maximum atomic E-state index is 11.8. The Bertz CT molecular complexity index is 444. The van der Waals surface area contributed by atoms with Gasteiger partial charge < -0.3 is 10.6 Å². The minimum absolute atomic E-state index is 0.179. The van der Waals surface area contributed by atoms with E-state index in [2.05, 4.69) is 15.6 Å². The molecule has 2 N–H and O–H groups in total. The number of carbonyl (C=O) groups is 2. The first-order valence-corrected chi connectivity index (χ1v) is 6.57. The van der Waals surface area contributed by atoms with Crippen LogP contribution in [0.4, 0.5) is 0 Å². The van der Waals surface area contributed by atoms with Gasteiger partial charge in [-0.3, -0.25) is 14.6 Å². The van der Waals surface area contributed by atoms with Crippen LogP contribution in [0.15, 0.2) is 18.3 Å². The van der Waals surface area contributed by atoms with Crippen LogP contribution in [-0.4, -0.2) is 29.9 Å². The normalized spacial score (nSPS) is 10.3. The number of hydrogen-bond donors (Lipinski definition) is 2. The lowest BCUT2D eigenvalue weighted by molar-refractivity contribution is 0.0944. The topological polar surface area (TPSA) is 71.1 Å². The molecule has 1 aromatic rings. The minimum atomic E-state index is -0.251. The predicted molar refractivity (Wildman–Crippen MR) is 74.0 cm³/mol. The van der Waals surface area contributed by atoms with Crippen LogP contribution in [0.2, 0.25) is 0 Å². The van der Waals surface area contributed by atoms with E-state index in [0.29, 0.717) is 24.6 Å². The van der Waals surface area contributed by atoms with E-state index in [-0.39, 0.29) is 17.5 Å². The van der Waals surface area contributed by atoms with Gasteiger partial charge in [-0.05, 0) is 24.5 Å². The Kier molecular flexibility index (Phi) is 5.99. The van der Waals surface area contributed by atoms with E-state index in [1.807, 2.05) is 20.8 Å². The second-order valence-electron chi connectivity index (χ2n) is 4.79. The third-order valence-corrected chi connectivity index (χ3v) is 2.46. The third kappa shape index (κ3) is 5.07. The molecule has 19 heavy (non-hydrogen) atoms. The predicted octanol–water partition coefficient (Wildman–Crippen LogP) is 1.61. The zero-order chi connectivity index (χ0) is 14.3. The fourth-order valence-corrected chi connectivity index (χ4v) is 1.42. The van der Waals surface area contributed by atoms with Gasteiger partial charge in [0.05, 0.1) is 0 Å². The lowest BCUT2D eigenvalue weighted by atomic mass is 10.2. The Morgan fingerprint density at radius 1 is 1.26 bits per heavy atom. The van der Waals surface area contributed by atoms with Gasteiger partial charge in [0.25, 0.3) is 11.8 Å². The number of amides is 2. The highest BCUT2D eigenvalue weighted by Gasteiger charge is 2.11. The summed E-state index contributed by atoms with van der Waals surface area (Å²) in [7, 11) is 0. The summed E-state index contributed by atoms with van der Waals surface area (Å²) in [6, 6.07) is 3.12. The van der Waals surface area contributed by atoms with Gasteiger partial charge in [-0.25, -0.2) is 0 Å². The van der Waals surface area contributed by atoms with E-state index in [1.165, 1.54) is 12.3 Å². The molecule has 0 aliphatic heterocycles. The van der Waals surface area contributed by atoms with Gasteiger partial charge >= 0.3 is 0 Å². The molecule has 104 valence electrons. The maximum Gasteiger partial charge on any atom is 0.269 e. The Morgan fingerprint density at radius 3 is 2.63 bits per heavy atom. The van der Waals surface area contributed by atoms with Crippen LogP contribution >= 0.6 is 0 Å². The molecule has 0 aromatic carbocycles. The highest BCUT2D eigenvalue weighted by atomic mass is 16.2. The molecule has 0 aliphatic carbocycles. The fourth-order valence-electron chi connectivity index (χ4n) is 1.42. The molecular weight excluding hydrogens is 242 g/mol. The number of pyridine rings is 1. The van der Waals surface area contributed by atoms with Crippen LogP contribution in [0, 0.1) is 5.92 Å². The number of aromatic nitrogens is 1. The van der Waals surface area contributed by atoms with Crippen molar-refractivity contribution in [3.8, 4) is 0 Å². The van der Waals surface area contributed by atoms with Gasteiger partial charge in [-0.2, -0.15) is 0 Å². The van der Waals surface area contributed by atoms with Gasteiger partial charge in [-0.1, -0.05) is 20.8 Å². The number of hydrogen-bond acceptors (Lipinski definition) is 3. The van der Waals surface area contributed by atoms with E-state index in [4.69, 9.17) is 0 Å². The zero-order valence-corrected chi connectivity index (χ0v) is 11.7. The highest BCUT2D eigenvalue weighted by molar-refractivity contribution is 5.98. The first-order valence-electron chi connectivity index (χ1n) is 6.57. The molecular formula is C14H21N3O2. The molecule has 0 fully saturated rings. The van der Waals surface area contributed by atoms with Gasteiger partial charge in [0.1, 0.15) is 5.69 Å². The van der Waals surface area contributed by atoms with E-state index >= 15 is 0 Å². The van der Waals surface area contributed by atoms with E-state index in [9.17, 15) is 9.59 Å². The van der Waals surface area contributed by atoms with Crippen LogP contribution in [0.25, 0.3) is 0 Å². The molecule has 0 bridgehead atoms. The summed E-state index contributed by atoms with van der Waals surface area (Å²) in [4.78, 5) is 27.6. The van der Waals surface area contributed by atoms with Crippen molar-refractivity contribution in [2.75, 3.05) is 13.1 Å². The Labute approximate surface area is 113 Å².